The fourth-order valence-electron chi connectivity index (χ4n) is 7.31. The van der Waals surface area contributed by atoms with Gasteiger partial charge in [0, 0.05) is 38.0 Å². The Kier molecular flexibility index (Phi) is 4.69. The molecule has 10 rings (SSSR count). The molecule has 4 nitrogen and oxygen atoms in total. The van der Waals surface area contributed by atoms with Crippen molar-refractivity contribution in [1.29, 1.82) is 0 Å². The molecule has 0 saturated heterocycles. The number of nitrogens with zero attached hydrogens (tertiary/aromatic N) is 4. The van der Waals surface area contributed by atoms with Gasteiger partial charge < -0.3 is 4.57 Å². The quantitative estimate of drug-likeness (QED) is 0.197. The Morgan fingerprint density at radius 2 is 0.841 bits per heavy atom. The minimum absolute atomic E-state index is 0.807. The molecule has 0 bridgehead atoms. The average molecular weight is 561 g/mol. The van der Waals surface area contributed by atoms with Crippen LogP contribution in [0.3, 0.4) is 0 Å². The van der Waals surface area contributed by atoms with Gasteiger partial charge in [0.05, 0.1) is 39.3 Å². The molecule has 0 unspecified atom stereocenters. The molecule has 3 heterocycles. The summed E-state index contributed by atoms with van der Waals surface area (Å²) in [5.74, 6) is 0.807. The summed E-state index contributed by atoms with van der Waals surface area (Å²) in [7, 11) is 0. The molecule has 0 saturated carbocycles. The number of aromatic nitrogens is 4. The molecule has 0 radical (unpaired) electrons. The maximum Gasteiger partial charge on any atom is 0.157 e. The Morgan fingerprint density at radius 3 is 1.48 bits per heavy atom. The number of rotatable bonds is 2. The first-order chi connectivity index (χ1) is 21.9. The highest BCUT2D eigenvalue weighted by Crippen LogP contribution is 2.42. The molecular weight excluding hydrogens is 536 g/mol. The Bertz CT molecular complexity index is 2730. The Hall–Kier alpha value is -6.00. The molecule has 10 aromatic rings. The first kappa shape index (κ1) is 23.6. The van der Waals surface area contributed by atoms with E-state index in [0.29, 0.717) is 0 Å². The van der Waals surface area contributed by atoms with E-state index in [1.807, 2.05) is 6.20 Å². The Labute approximate surface area is 252 Å². The number of para-hydroxylation sites is 3. The van der Waals surface area contributed by atoms with Crippen molar-refractivity contribution in [3.63, 3.8) is 0 Å². The number of hydrogen-bond acceptors (Lipinski definition) is 2. The highest BCUT2D eigenvalue weighted by Gasteiger charge is 2.22. The lowest BCUT2D eigenvalue weighted by Crippen LogP contribution is -2.02. The van der Waals surface area contributed by atoms with Gasteiger partial charge in [-0.1, -0.05) is 115 Å². The second-order valence-electron chi connectivity index (χ2n) is 11.4. The molecule has 0 atom stereocenters. The van der Waals surface area contributed by atoms with Crippen LogP contribution in [0.1, 0.15) is 0 Å². The van der Waals surface area contributed by atoms with Crippen LogP contribution in [0, 0.1) is 0 Å². The summed E-state index contributed by atoms with van der Waals surface area (Å²) in [6.45, 7) is 0. The van der Waals surface area contributed by atoms with Crippen molar-refractivity contribution < 1.29 is 0 Å². The molecule has 0 amide bonds. The smallest absolute Gasteiger partial charge is 0.157 e. The summed E-state index contributed by atoms with van der Waals surface area (Å²) in [5, 5.41) is 9.45. The molecule has 0 aliphatic carbocycles. The largest absolute Gasteiger partial charge is 0.307 e. The fraction of sp³-hybridized carbons (Fsp3) is 0. The topological polar surface area (TPSA) is 35.6 Å². The van der Waals surface area contributed by atoms with E-state index in [9.17, 15) is 0 Å². The normalized spacial score (nSPS) is 12.1. The zero-order valence-corrected chi connectivity index (χ0v) is 23.6. The lowest BCUT2D eigenvalue weighted by atomic mass is 10.00. The minimum Gasteiger partial charge on any atom is -0.307 e. The van der Waals surface area contributed by atoms with E-state index in [0.717, 1.165) is 49.9 Å². The average Bonchev–Trinajstić information content (AvgIpc) is 3.62. The van der Waals surface area contributed by atoms with Crippen LogP contribution < -0.4 is 0 Å². The first-order valence-corrected chi connectivity index (χ1v) is 14.9. The van der Waals surface area contributed by atoms with E-state index >= 15 is 0 Å². The van der Waals surface area contributed by atoms with Gasteiger partial charge in [0.1, 0.15) is 0 Å². The van der Waals surface area contributed by atoms with Crippen molar-refractivity contribution >= 4 is 76.2 Å². The van der Waals surface area contributed by atoms with Gasteiger partial charge in [-0.2, -0.15) is 0 Å². The SMILES string of the molecule is c1ccc(-n2c3ccccc3c3ccc4c5ccccc5n(-c5cnc6c7ccccc7c7ccccc7c6n5)c4c32)cc1. The molecule has 0 aliphatic rings. The summed E-state index contributed by atoms with van der Waals surface area (Å²) in [6, 6.07) is 49.6. The maximum absolute atomic E-state index is 5.45. The highest BCUT2D eigenvalue weighted by atomic mass is 15.1. The molecule has 3 aromatic heterocycles. The van der Waals surface area contributed by atoms with E-state index in [-0.39, 0.29) is 0 Å². The van der Waals surface area contributed by atoms with Crippen LogP contribution in [0.15, 0.2) is 146 Å². The summed E-state index contributed by atoms with van der Waals surface area (Å²) >= 11 is 0. The predicted octanol–water partition coefficient (Wildman–Crippen LogP) is 10.1. The molecule has 7 aromatic carbocycles. The van der Waals surface area contributed by atoms with E-state index in [1.54, 1.807) is 0 Å². The third kappa shape index (κ3) is 3.06. The maximum atomic E-state index is 5.45. The molecule has 4 heteroatoms. The number of fused-ring (bicyclic) bond motifs is 13. The van der Waals surface area contributed by atoms with Crippen LogP contribution >= 0.6 is 0 Å². The van der Waals surface area contributed by atoms with Crippen LogP contribution in [0.5, 0.6) is 0 Å². The Balaban J connectivity index is 1.42. The van der Waals surface area contributed by atoms with Crippen LogP contribution in [0.2, 0.25) is 0 Å². The van der Waals surface area contributed by atoms with Crippen molar-refractivity contribution in [3.8, 4) is 11.5 Å². The summed E-state index contributed by atoms with van der Waals surface area (Å²) in [6.07, 6.45) is 1.95. The molecule has 44 heavy (non-hydrogen) atoms. The van der Waals surface area contributed by atoms with E-state index < -0.39 is 0 Å². The third-order valence-corrected chi connectivity index (χ3v) is 9.13. The highest BCUT2D eigenvalue weighted by molar-refractivity contribution is 6.25. The summed E-state index contributed by atoms with van der Waals surface area (Å²) < 4.78 is 4.72. The molecule has 0 aliphatic heterocycles. The van der Waals surface area contributed by atoms with Gasteiger partial charge in [0.25, 0.3) is 0 Å². The van der Waals surface area contributed by atoms with Gasteiger partial charge in [-0.3, -0.25) is 9.55 Å². The third-order valence-electron chi connectivity index (χ3n) is 9.13. The zero-order chi connectivity index (χ0) is 28.8. The Morgan fingerprint density at radius 1 is 0.364 bits per heavy atom. The van der Waals surface area contributed by atoms with Gasteiger partial charge >= 0.3 is 0 Å². The van der Waals surface area contributed by atoms with Crippen LogP contribution in [0.25, 0.3) is 87.7 Å². The van der Waals surface area contributed by atoms with Crippen molar-refractivity contribution in [1.82, 2.24) is 19.1 Å². The van der Waals surface area contributed by atoms with Gasteiger partial charge in [0.2, 0.25) is 0 Å². The zero-order valence-electron chi connectivity index (χ0n) is 23.6. The first-order valence-electron chi connectivity index (χ1n) is 14.9. The minimum atomic E-state index is 0.807. The van der Waals surface area contributed by atoms with Gasteiger partial charge in [0.15, 0.2) is 5.82 Å². The monoisotopic (exact) mass is 560 g/mol. The number of benzene rings is 7. The van der Waals surface area contributed by atoms with Crippen LogP contribution in [-0.4, -0.2) is 19.1 Å². The number of hydrogen-bond donors (Lipinski definition) is 0. The molecule has 204 valence electrons. The van der Waals surface area contributed by atoms with Crippen molar-refractivity contribution in [2.24, 2.45) is 0 Å². The predicted molar refractivity (Wildman–Crippen MR) is 183 cm³/mol. The van der Waals surface area contributed by atoms with E-state index in [1.165, 1.54) is 37.8 Å². The van der Waals surface area contributed by atoms with Crippen molar-refractivity contribution in [2.75, 3.05) is 0 Å². The molecular formula is C40H24N4. The van der Waals surface area contributed by atoms with Crippen LogP contribution in [-0.2, 0) is 0 Å². The van der Waals surface area contributed by atoms with E-state index in [4.69, 9.17) is 9.97 Å². The fourth-order valence-corrected chi connectivity index (χ4v) is 7.31. The standard InChI is InChI=1S/C40H24N4/c1-2-12-25(13-3-1)43-34-20-10-8-16-28(34)32-22-23-33-29-17-9-11-21-35(29)44(40(33)39(32)43)36-24-41-37-30-18-6-4-14-26(30)27-15-5-7-19-31(27)38(37)42-36/h1-24H. The lowest BCUT2D eigenvalue weighted by Gasteiger charge is -2.13. The summed E-state index contributed by atoms with van der Waals surface area (Å²) in [5.41, 5.74) is 7.55. The van der Waals surface area contributed by atoms with Crippen LogP contribution in [0.4, 0.5) is 0 Å². The molecule has 0 fully saturated rings. The van der Waals surface area contributed by atoms with Gasteiger partial charge in [-0.05, 0) is 35.0 Å². The second-order valence-corrected chi connectivity index (χ2v) is 11.4. The van der Waals surface area contributed by atoms with Gasteiger partial charge in [-0.25, -0.2) is 4.98 Å². The molecule has 0 N–H and O–H groups in total. The van der Waals surface area contributed by atoms with Crippen molar-refractivity contribution in [3.05, 3.63) is 146 Å². The lowest BCUT2D eigenvalue weighted by molar-refractivity contribution is 1.07. The summed E-state index contributed by atoms with van der Waals surface area (Å²) in [4.78, 5) is 10.6. The van der Waals surface area contributed by atoms with Crippen molar-refractivity contribution in [2.45, 2.75) is 0 Å². The van der Waals surface area contributed by atoms with E-state index in [2.05, 4.69) is 149 Å². The second kappa shape index (κ2) is 8.76. The molecule has 0 spiro atoms. The van der Waals surface area contributed by atoms with Gasteiger partial charge in [-0.15, -0.1) is 0 Å².